The zero-order valence-electron chi connectivity index (χ0n) is 12.2. The first-order valence-electron chi connectivity index (χ1n) is 6.79. The summed E-state index contributed by atoms with van der Waals surface area (Å²) in [5, 5.41) is 0. The van der Waals surface area contributed by atoms with Crippen molar-refractivity contribution in [1.29, 1.82) is 0 Å². The van der Waals surface area contributed by atoms with Crippen LogP contribution in [-0.2, 0) is 18.9 Å². The largest absolute Gasteiger partial charge is 0.382 e. The molecule has 0 spiro atoms. The molecular weight excluding hydrogens is 284 g/mol. The molecule has 0 heterocycles. The van der Waals surface area contributed by atoms with Crippen LogP contribution in [0.1, 0.15) is 6.92 Å². The SMILES string of the molecule is CCSCCOCCOCCSCCOCCOC. The minimum atomic E-state index is 0.671. The van der Waals surface area contributed by atoms with Gasteiger partial charge in [-0.25, -0.2) is 0 Å². The van der Waals surface area contributed by atoms with E-state index in [2.05, 4.69) is 6.92 Å². The van der Waals surface area contributed by atoms with Crippen molar-refractivity contribution in [3.05, 3.63) is 0 Å². The van der Waals surface area contributed by atoms with Crippen molar-refractivity contribution in [1.82, 2.24) is 0 Å². The third kappa shape index (κ3) is 18.5. The van der Waals surface area contributed by atoms with Crippen LogP contribution >= 0.6 is 23.5 Å². The molecule has 0 saturated carbocycles. The predicted octanol–water partition coefficient (Wildman–Crippen LogP) is 2.17. The van der Waals surface area contributed by atoms with Crippen molar-refractivity contribution < 1.29 is 18.9 Å². The van der Waals surface area contributed by atoms with E-state index >= 15 is 0 Å². The van der Waals surface area contributed by atoms with Crippen molar-refractivity contribution >= 4 is 23.5 Å². The fourth-order valence-electron chi connectivity index (χ4n) is 1.17. The van der Waals surface area contributed by atoms with Crippen LogP contribution in [0.5, 0.6) is 0 Å². The molecule has 0 unspecified atom stereocenters. The van der Waals surface area contributed by atoms with Crippen molar-refractivity contribution in [3.8, 4) is 0 Å². The molecule has 4 nitrogen and oxygen atoms in total. The molecule has 0 N–H and O–H groups in total. The van der Waals surface area contributed by atoms with Crippen LogP contribution in [0.15, 0.2) is 0 Å². The Hall–Kier alpha value is 0.540. The molecule has 0 bridgehead atoms. The van der Waals surface area contributed by atoms with Gasteiger partial charge in [-0.05, 0) is 5.75 Å². The summed E-state index contributed by atoms with van der Waals surface area (Å²) < 4.78 is 21.2. The van der Waals surface area contributed by atoms with Crippen molar-refractivity contribution in [2.45, 2.75) is 6.92 Å². The second kappa shape index (κ2) is 18.5. The van der Waals surface area contributed by atoms with Crippen molar-refractivity contribution in [2.24, 2.45) is 0 Å². The van der Waals surface area contributed by atoms with Gasteiger partial charge >= 0.3 is 0 Å². The van der Waals surface area contributed by atoms with Crippen LogP contribution < -0.4 is 0 Å². The van der Waals surface area contributed by atoms with Crippen LogP contribution in [-0.4, -0.2) is 76.4 Å². The Morgan fingerprint density at radius 1 is 0.632 bits per heavy atom. The Labute approximate surface area is 126 Å². The lowest BCUT2D eigenvalue weighted by atomic mass is 10.7. The van der Waals surface area contributed by atoms with E-state index in [1.54, 1.807) is 7.11 Å². The van der Waals surface area contributed by atoms with Gasteiger partial charge in [-0.1, -0.05) is 6.92 Å². The Bertz CT molecular complexity index is 146. The number of ether oxygens (including phenoxy) is 4. The molecule has 6 heteroatoms. The van der Waals surface area contributed by atoms with Gasteiger partial charge < -0.3 is 18.9 Å². The zero-order chi connectivity index (χ0) is 14.0. The van der Waals surface area contributed by atoms with E-state index in [1.807, 2.05) is 23.5 Å². The minimum absolute atomic E-state index is 0.671. The lowest BCUT2D eigenvalue weighted by Crippen LogP contribution is -2.09. The fraction of sp³-hybridized carbons (Fsp3) is 1.00. The van der Waals surface area contributed by atoms with Gasteiger partial charge in [0, 0.05) is 24.4 Å². The van der Waals surface area contributed by atoms with E-state index < -0.39 is 0 Å². The number of hydrogen-bond acceptors (Lipinski definition) is 6. The van der Waals surface area contributed by atoms with Crippen molar-refractivity contribution in [3.63, 3.8) is 0 Å². The molecule has 0 aromatic heterocycles. The van der Waals surface area contributed by atoms with Crippen LogP contribution in [0.2, 0.25) is 0 Å². The Kier molecular flexibility index (Phi) is 19.1. The summed E-state index contributed by atoms with van der Waals surface area (Å²) in [5.74, 6) is 4.26. The average molecular weight is 312 g/mol. The first-order valence-corrected chi connectivity index (χ1v) is 9.10. The molecule has 0 fully saturated rings. The van der Waals surface area contributed by atoms with Crippen LogP contribution in [0.25, 0.3) is 0 Å². The van der Waals surface area contributed by atoms with E-state index in [1.165, 1.54) is 0 Å². The van der Waals surface area contributed by atoms with E-state index in [9.17, 15) is 0 Å². The molecule has 0 radical (unpaired) electrons. The van der Waals surface area contributed by atoms with Gasteiger partial charge in [0.15, 0.2) is 0 Å². The zero-order valence-corrected chi connectivity index (χ0v) is 13.9. The summed E-state index contributed by atoms with van der Waals surface area (Å²) in [5.41, 5.74) is 0. The highest BCUT2D eigenvalue weighted by molar-refractivity contribution is 7.99. The maximum atomic E-state index is 5.47. The Morgan fingerprint density at radius 2 is 1.11 bits per heavy atom. The topological polar surface area (TPSA) is 36.9 Å². The number of hydrogen-bond donors (Lipinski definition) is 0. The third-order valence-electron chi connectivity index (χ3n) is 2.12. The minimum Gasteiger partial charge on any atom is -0.382 e. The molecule has 0 aromatic rings. The summed E-state index contributed by atoms with van der Waals surface area (Å²) in [4.78, 5) is 0. The van der Waals surface area contributed by atoms with Crippen LogP contribution in [0.4, 0.5) is 0 Å². The van der Waals surface area contributed by atoms with E-state index in [4.69, 9.17) is 18.9 Å². The Balaban J connectivity index is 2.88. The number of thioether (sulfide) groups is 2. The van der Waals surface area contributed by atoms with Gasteiger partial charge in [0.25, 0.3) is 0 Å². The summed E-state index contributed by atoms with van der Waals surface area (Å²) in [6.07, 6.45) is 0. The predicted molar refractivity (Wildman–Crippen MR) is 84.7 cm³/mol. The highest BCUT2D eigenvalue weighted by Gasteiger charge is 1.93. The molecule has 0 aromatic carbocycles. The van der Waals surface area contributed by atoms with E-state index in [-0.39, 0.29) is 0 Å². The molecule has 0 amide bonds. The van der Waals surface area contributed by atoms with Gasteiger partial charge in [0.2, 0.25) is 0 Å². The van der Waals surface area contributed by atoms with Gasteiger partial charge in [0.05, 0.1) is 46.2 Å². The molecule has 116 valence electrons. The molecule has 0 aliphatic rings. The second-order valence-electron chi connectivity index (χ2n) is 3.64. The molecular formula is C13H28O4S2. The third-order valence-corrected chi connectivity index (χ3v) is 3.90. The summed E-state index contributed by atoms with van der Waals surface area (Å²) >= 11 is 3.75. The van der Waals surface area contributed by atoms with Gasteiger partial charge in [0.1, 0.15) is 0 Å². The van der Waals surface area contributed by atoms with Gasteiger partial charge in [-0.3, -0.25) is 0 Å². The van der Waals surface area contributed by atoms with Crippen LogP contribution in [0.3, 0.4) is 0 Å². The standard InChI is InChI=1S/C13H28O4S2/c1-3-18-11-8-16-6-7-17-10-13-19-12-9-15-5-4-14-2/h3-13H2,1-2H3. The molecule has 0 atom stereocenters. The monoisotopic (exact) mass is 312 g/mol. The lowest BCUT2D eigenvalue weighted by Gasteiger charge is -2.06. The number of rotatable bonds is 16. The quantitative estimate of drug-likeness (QED) is 0.407. The van der Waals surface area contributed by atoms with Crippen LogP contribution in [0, 0.1) is 0 Å². The van der Waals surface area contributed by atoms with Crippen molar-refractivity contribution in [2.75, 3.05) is 76.4 Å². The maximum absolute atomic E-state index is 5.47. The van der Waals surface area contributed by atoms with E-state index in [0.717, 1.165) is 42.8 Å². The number of methoxy groups -OCH3 is 1. The molecule has 0 aliphatic carbocycles. The highest BCUT2D eigenvalue weighted by atomic mass is 32.2. The summed E-state index contributed by atoms with van der Waals surface area (Å²) in [6.45, 7) is 7.31. The van der Waals surface area contributed by atoms with E-state index in [0.29, 0.717) is 26.4 Å². The Morgan fingerprint density at radius 3 is 1.58 bits per heavy atom. The molecule has 0 aliphatic heterocycles. The summed E-state index contributed by atoms with van der Waals surface area (Å²) in [7, 11) is 1.68. The molecule has 0 saturated heterocycles. The second-order valence-corrected chi connectivity index (χ2v) is 6.26. The van der Waals surface area contributed by atoms with Gasteiger partial charge in [-0.15, -0.1) is 0 Å². The van der Waals surface area contributed by atoms with Gasteiger partial charge in [-0.2, -0.15) is 23.5 Å². The fourth-order valence-corrected chi connectivity index (χ4v) is 2.37. The molecule has 19 heavy (non-hydrogen) atoms. The summed E-state index contributed by atoms with van der Waals surface area (Å²) in [6, 6.07) is 0. The first kappa shape index (κ1) is 19.5. The molecule has 0 rings (SSSR count). The smallest absolute Gasteiger partial charge is 0.0700 e. The highest BCUT2D eigenvalue weighted by Crippen LogP contribution is 1.99. The maximum Gasteiger partial charge on any atom is 0.0700 e. The first-order chi connectivity index (χ1) is 9.41. The normalized spacial score (nSPS) is 11.1. The lowest BCUT2D eigenvalue weighted by molar-refractivity contribution is 0.0604. The average Bonchev–Trinajstić information content (AvgIpc) is 2.43.